The van der Waals surface area contributed by atoms with Crippen molar-refractivity contribution in [3.05, 3.63) is 58.8 Å². The summed E-state index contributed by atoms with van der Waals surface area (Å²) in [6, 6.07) is 14.4. The van der Waals surface area contributed by atoms with E-state index >= 15 is 0 Å². The Morgan fingerprint density at radius 2 is 1.84 bits per heavy atom. The Balaban J connectivity index is 1.43. The summed E-state index contributed by atoms with van der Waals surface area (Å²) < 4.78 is 20.4. The molecule has 1 fully saturated rings. The number of rotatable bonds is 6. The number of hydrogen-bond acceptors (Lipinski definition) is 4. The van der Waals surface area contributed by atoms with E-state index in [1.54, 1.807) is 6.07 Å². The van der Waals surface area contributed by atoms with E-state index in [2.05, 4.69) is 25.7 Å². The van der Waals surface area contributed by atoms with E-state index in [1.165, 1.54) is 6.07 Å². The number of halogens is 2. The molecule has 0 aromatic heterocycles. The molecule has 1 aliphatic heterocycles. The highest BCUT2D eigenvalue weighted by atomic mass is 79.9. The number of nitrogens with zero attached hydrogens (tertiary/aromatic N) is 2. The third-order valence-electron chi connectivity index (χ3n) is 4.27. The maximum absolute atomic E-state index is 13.9. The Hall–Kier alpha value is -1.63. The molecule has 0 amide bonds. The fraction of sp³-hybridized carbons (Fsp3) is 0.368. The lowest BCUT2D eigenvalue weighted by molar-refractivity contribution is 0.0662. The quantitative estimate of drug-likeness (QED) is 0.796. The van der Waals surface area contributed by atoms with Crippen molar-refractivity contribution in [2.45, 2.75) is 6.10 Å². The van der Waals surface area contributed by atoms with Gasteiger partial charge < -0.3 is 14.7 Å². The van der Waals surface area contributed by atoms with E-state index in [9.17, 15) is 9.50 Å². The number of aliphatic hydroxyl groups excluding tert-OH is 1. The van der Waals surface area contributed by atoms with Gasteiger partial charge in [0.15, 0.2) is 0 Å². The molecule has 2 aromatic carbocycles. The second kappa shape index (κ2) is 8.65. The van der Waals surface area contributed by atoms with Crippen LogP contribution in [0.15, 0.2) is 53.0 Å². The zero-order valence-corrected chi connectivity index (χ0v) is 15.5. The maximum atomic E-state index is 13.9. The monoisotopic (exact) mass is 408 g/mol. The lowest BCUT2D eigenvalue weighted by atomic mass is 10.2. The standard InChI is InChI=1S/C19H22BrFN2O2/c20-15-4-3-5-17(12-15)25-14-16(24)13-22-8-10-23(11-9-22)19-7-2-1-6-18(19)21/h1-7,12,16,24H,8-11,13-14H2. The number of piperazine rings is 1. The molecule has 6 heteroatoms. The summed E-state index contributed by atoms with van der Waals surface area (Å²) in [5.74, 6) is 0.552. The first kappa shape index (κ1) is 18.2. The SMILES string of the molecule is OC(COc1cccc(Br)c1)CN1CCN(c2ccccc2F)CC1. The second-order valence-electron chi connectivity index (χ2n) is 6.16. The van der Waals surface area contributed by atoms with Gasteiger partial charge in [-0.15, -0.1) is 0 Å². The molecule has 134 valence electrons. The van der Waals surface area contributed by atoms with Crippen LogP contribution in [0.25, 0.3) is 0 Å². The van der Waals surface area contributed by atoms with Crippen LogP contribution in [0.2, 0.25) is 0 Å². The van der Waals surface area contributed by atoms with Gasteiger partial charge in [-0.25, -0.2) is 4.39 Å². The normalized spacial score (nSPS) is 16.7. The fourth-order valence-electron chi connectivity index (χ4n) is 2.98. The van der Waals surface area contributed by atoms with Crippen molar-refractivity contribution in [1.82, 2.24) is 4.90 Å². The van der Waals surface area contributed by atoms with Gasteiger partial charge in [0.25, 0.3) is 0 Å². The lowest BCUT2D eigenvalue weighted by Gasteiger charge is -2.36. The van der Waals surface area contributed by atoms with Gasteiger partial charge in [-0.1, -0.05) is 34.1 Å². The number of benzene rings is 2. The molecule has 0 radical (unpaired) electrons. The number of ether oxygens (including phenoxy) is 1. The lowest BCUT2D eigenvalue weighted by Crippen LogP contribution is -2.49. The van der Waals surface area contributed by atoms with Gasteiger partial charge in [0.1, 0.15) is 24.3 Å². The molecule has 3 rings (SSSR count). The molecule has 0 saturated carbocycles. The van der Waals surface area contributed by atoms with E-state index in [0.29, 0.717) is 12.2 Å². The van der Waals surface area contributed by atoms with Crippen LogP contribution in [0.3, 0.4) is 0 Å². The van der Waals surface area contributed by atoms with E-state index in [4.69, 9.17) is 4.74 Å². The van der Waals surface area contributed by atoms with Crippen molar-refractivity contribution >= 4 is 21.6 Å². The van der Waals surface area contributed by atoms with Crippen molar-refractivity contribution in [3.8, 4) is 5.75 Å². The predicted molar refractivity (Wildman–Crippen MR) is 101 cm³/mol. The Kier molecular flexibility index (Phi) is 6.29. The maximum Gasteiger partial charge on any atom is 0.146 e. The van der Waals surface area contributed by atoms with Gasteiger partial charge in [-0.3, -0.25) is 4.90 Å². The molecule has 2 aromatic rings. The minimum Gasteiger partial charge on any atom is -0.491 e. The Morgan fingerprint density at radius 3 is 2.56 bits per heavy atom. The smallest absolute Gasteiger partial charge is 0.146 e. The van der Waals surface area contributed by atoms with Crippen LogP contribution in [0.4, 0.5) is 10.1 Å². The highest BCUT2D eigenvalue weighted by molar-refractivity contribution is 9.10. The summed E-state index contributed by atoms with van der Waals surface area (Å²) in [6.45, 7) is 3.90. The summed E-state index contributed by atoms with van der Waals surface area (Å²) in [5, 5.41) is 10.2. The van der Waals surface area contributed by atoms with Crippen LogP contribution < -0.4 is 9.64 Å². The average Bonchev–Trinajstić information content (AvgIpc) is 2.61. The van der Waals surface area contributed by atoms with Gasteiger partial charge in [-0.2, -0.15) is 0 Å². The summed E-state index contributed by atoms with van der Waals surface area (Å²) in [5.41, 5.74) is 0.653. The molecule has 1 atom stereocenters. The van der Waals surface area contributed by atoms with Crippen LogP contribution in [-0.4, -0.2) is 55.4 Å². The van der Waals surface area contributed by atoms with E-state index in [-0.39, 0.29) is 12.4 Å². The average molecular weight is 409 g/mol. The van der Waals surface area contributed by atoms with Gasteiger partial charge >= 0.3 is 0 Å². The Morgan fingerprint density at radius 1 is 1.08 bits per heavy atom. The highest BCUT2D eigenvalue weighted by Gasteiger charge is 2.21. The first-order valence-electron chi connectivity index (χ1n) is 8.40. The molecule has 0 bridgehead atoms. The van der Waals surface area contributed by atoms with Crippen molar-refractivity contribution in [1.29, 1.82) is 0 Å². The van der Waals surface area contributed by atoms with E-state index in [1.807, 2.05) is 36.4 Å². The zero-order valence-electron chi connectivity index (χ0n) is 13.9. The second-order valence-corrected chi connectivity index (χ2v) is 7.08. The summed E-state index contributed by atoms with van der Waals surface area (Å²) >= 11 is 3.40. The number of hydrogen-bond donors (Lipinski definition) is 1. The van der Waals surface area contributed by atoms with Crippen LogP contribution in [0, 0.1) is 5.82 Å². The van der Waals surface area contributed by atoms with Gasteiger partial charge in [0.2, 0.25) is 0 Å². The summed E-state index contributed by atoms with van der Waals surface area (Å²) in [7, 11) is 0. The summed E-state index contributed by atoms with van der Waals surface area (Å²) in [4.78, 5) is 4.24. The minimum absolute atomic E-state index is 0.182. The van der Waals surface area contributed by atoms with Crippen molar-refractivity contribution in [3.63, 3.8) is 0 Å². The topological polar surface area (TPSA) is 35.9 Å². The van der Waals surface area contributed by atoms with E-state index in [0.717, 1.165) is 36.4 Å². The molecule has 1 saturated heterocycles. The first-order valence-corrected chi connectivity index (χ1v) is 9.19. The van der Waals surface area contributed by atoms with Crippen molar-refractivity contribution in [2.24, 2.45) is 0 Å². The van der Waals surface area contributed by atoms with Crippen LogP contribution >= 0.6 is 15.9 Å². The molecule has 1 aliphatic rings. The Bertz CT molecular complexity index is 693. The molecular formula is C19H22BrFN2O2. The fourth-order valence-corrected chi connectivity index (χ4v) is 3.36. The van der Waals surface area contributed by atoms with Crippen molar-refractivity contribution in [2.75, 3.05) is 44.2 Å². The van der Waals surface area contributed by atoms with E-state index < -0.39 is 6.10 Å². The van der Waals surface area contributed by atoms with Gasteiger partial charge in [-0.05, 0) is 30.3 Å². The summed E-state index contributed by atoms with van der Waals surface area (Å²) in [6.07, 6.45) is -0.556. The van der Waals surface area contributed by atoms with Crippen LogP contribution in [0.5, 0.6) is 5.75 Å². The number of para-hydroxylation sites is 1. The number of anilines is 1. The molecule has 25 heavy (non-hydrogen) atoms. The molecule has 1 unspecified atom stereocenters. The largest absolute Gasteiger partial charge is 0.491 e. The predicted octanol–water partition coefficient (Wildman–Crippen LogP) is 3.15. The minimum atomic E-state index is -0.556. The number of aliphatic hydroxyl groups is 1. The molecule has 0 aliphatic carbocycles. The first-order chi connectivity index (χ1) is 12.1. The Labute approximate surface area is 155 Å². The molecule has 1 N–H and O–H groups in total. The molecule has 4 nitrogen and oxygen atoms in total. The highest BCUT2D eigenvalue weighted by Crippen LogP contribution is 2.20. The molecular weight excluding hydrogens is 387 g/mol. The third-order valence-corrected chi connectivity index (χ3v) is 4.77. The van der Waals surface area contributed by atoms with Gasteiger partial charge in [0.05, 0.1) is 5.69 Å². The van der Waals surface area contributed by atoms with Crippen LogP contribution in [-0.2, 0) is 0 Å². The third kappa shape index (κ3) is 5.17. The van der Waals surface area contributed by atoms with Gasteiger partial charge in [0, 0.05) is 37.2 Å². The number of β-amino-alcohol motifs (C(OH)–C–C–N with tert-alkyl or cyclic N) is 1. The van der Waals surface area contributed by atoms with Crippen LogP contribution in [0.1, 0.15) is 0 Å². The molecule has 1 heterocycles. The zero-order chi connectivity index (χ0) is 17.6. The molecule has 0 spiro atoms. The van der Waals surface area contributed by atoms with Crippen molar-refractivity contribution < 1.29 is 14.2 Å².